The number of fused-ring (bicyclic) bond motifs is 1. The number of hydrogen-bond donors (Lipinski definition) is 1. The Morgan fingerprint density at radius 1 is 1.23 bits per heavy atom. The molecule has 0 amide bonds. The molecule has 6 heteroatoms. The Morgan fingerprint density at radius 2 is 2.05 bits per heavy atom. The lowest BCUT2D eigenvalue weighted by atomic mass is 10.2. The van der Waals surface area contributed by atoms with Gasteiger partial charge in [-0.1, -0.05) is 18.2 Å². The van der Waals surface area contributed by atoms with Crippen molar-refractivity contribution < 1.29 is 4.92 Å². The maximum atomic E-state index is 11.1. The minimum Gasteiger partial charge on any atom is -0.375 e. The average molecular weight is 309 g/mol. The van der Waals surface area contributed by atoms with Crippen LogP contribution in [0.25, 0.3) is 10.1 Å². The van der Waals surface area contributed by atoms with Crippen LogP contribution in [0.1, 0.15) is 10.4 Å². The lowest BCUT2D eigenvalue weighted by Crippen LogP contribution is -2.01. The molecule has 1 aromatic heterocycles. The molecule has 0 saturated heterocycles. The number of nitro benzene ring substituents is 1. The van der Waals surface area contributed by atoms with Gasteiger partial charge in [0.25, 0.3) is 5.69 Å². The number of nitriles is 1. The summed E-state index contributed by atoms with van der Waals surface area (Å²) in [5, 5.41) is 24.2. The zero-order valence-electron chi connectivity index (χ0n) is 11.4. The average Bonchev–Trinajstić information content (AvgIpc) is 2.95. The van der Waals surface area contributed by atoms with E-state index in [4.69, 9.17) is 5.26 Å². The summed E-state index contributed by atoms with van der Waals surface area (Å²) in [6.07, 6.45) is 0. The fourth-order valence-electron chi connectivity index (χ4n) is 2.21. The van der Waals surface area contributed by atoms with Gasteiger partial charge in [-0.3, -0.25) is 10.1 Å². The summed E-state index contributed by atoms with van der Waals surface area (Å²) in [6, 6.07) is 16.5. The van der Waals surface area contributed by atoms with Crippen molar-refractivity contribution in [3.8, 4) is 6.07 Å². The number of anilines is 1. The number of benzene rings is 2. The van der Waals surface area contributed by atoms with Gasteiger partial charge in [0.1, 0.15) is 5.69 Å². The molecule has 0 aliphatic heterocycles. The third kappa shape index (κ3) is 2.75. The number of nitrogens with one attached hydrogen (secondary N) is 1. The lowest BCUT2D eigenvalue weighted by molar-refractivity contribution is -0.384. The largest absolute Gasteiger partial charge is 0.375 e. The number of hydrogen-bond acceptors (Lipinski definition) is 5. The molecule has 2 aromatic carbocycles. The highest BCUT2D eigenvalue weighted by Crippen LogP contribution is 2.29. The zero-order valence-corrected chi connectivity index (χ0v) is 12.3. The number of nitro groups is 1. The Hall–Kier alpha value is -2.91. The highest BCUT2D eigenvalue weighted by atomic mass is 32.1. The second kappa shape index (κ2) is 5.84. The molecule has 3 rings (SSSR count). The minimum absolute atomic E-state index is 0.0832. The summed E-state index contributed by atoms with van der Waals surface area (Å²) in [5.74, 6) is 0. The second-order valence-electron chi connectivity index (χ2n) is 4.70. The molecule has 0 fully saturated rings. The molecule has 0 saturated carbocycles. The molecule has 0 aliphatic carbocycles. The highest BCUT2D eigenvalue weighted by Gasteiger charge is 2.14. The van der Waals surface area contributed by atoms with Gasteiger partial charge in [-0.05, 0) is 29.7 Å². The van der Waals surface area contributed by atoms with Crippen LogP contribution in [0, 0.1) is 21.4 Å². The molecule has 0 bridgehead atoms. The molecule has 5 nitrogen and oxygen atoms in total. The van der Waals surface area contributed by atoms with Crippen LogP contribution >= 0.6 is 11.3 Å². The van der Waals surface area contributed by atoms with Crippen LogP contribution in [-0.4, -0.2) is 4.92 Å². The van der Waals surface area contributed by atoms with Crippen molar-refractivity contribution in [1.82, 2.24) is 0 Å². The molecule has 108 valence electrons. The Morgan fingerprint density at radius 3 is 2.77 bits per heavy atom. The molecule has 0 radical (unpaired) electrons. The Kier molecular flexibility index (Phi) is 3.73. The van der Waals surface area contributed by atoms with Gasteiger partial charge in [0.05, 0.1) is 16.6 Å². The smallest absolute Gasteiger partial charge is 0.293 e. The van der Waals surface area contributed by atoms with Crippen LogP contribution in [0.3, 0.4) is 0 Å². The van der Waals surface area contributed by atoms with E-state index < -0.39 is 4.92 Å². The van der Waals surface area contributed by atoms with Crippen LogP contribution in [0.2, 0.25) is 0 Å². The maximum absolute atomic E-state index is 11.1. The standard InChI is InChI=1S/C16H11N3O2S/c17-9-11-5-6-14(15(7-11)19(20)21)18-10-13-8-12-3-1-2-4-16(12)22-13/h1-8,18H,10H2. The van der Waals surface area contributed by atoms with Crippen molar-refractivity contribution in [3.63, 3.8) is 0 Å². The van der Waals surface area contributed by atoms with E-state index in [1.807, 2.05) is 30.3 Å². The van der Waals surface area contributed by atoms with Crippen LogP contribution in [0.5, 0.6) is 0 Å². The first-order valence-electron chi connectivity index (χ1n) is 6.57. The highest BCUT2D eigenvalue weighted by molar-refractivity contribution is 7.19. The molecule has 0 aliphatic rings. The number of thiophene rings is 1. The fraction of sp³-hybridized carbons (Fsp3) is 0.0625. The first-order valence-corrected chi connectivity index (χ1v) is 7.39. The van der Waals surface area contributed by atoms with E-state index in [1.54, 1.807) is 23.5 Å². The zero-order chi connectivity index (χ0) is 15.5. The van der Waals surface area contributed by atoms with Gasteiger partial charge >= 0.3 is 0 Å². The molecular formula is C16H11N3O2S. The Balaban J connectivity index is 1.84. The van der Waals surface area contributed by atoms with Gasteiger partial charge in [0, 0.05) is 22.2 Å². The first-order chi connectivity index (χ1) is 10.7. The summed E-state index contributed by atoms with van der Waals surface area (Å²) in [5.41, 5.74) is 0.612. The predicted molar refractivity (Wildman–Crippen MR) is 87.0 cm³/mol. The van der Waals surface area contributed by atoms with Crippen molar-refractivity contribution in [1.29, 1.82) is 5.26 Å². The monoisotopic (exact) mass is 309 g/mol. The van der Waals surface area contributed by atoms with E-state index in [-0.39, 0.29) is 11.3 Å². The van der Waals surface area contributed by atoms with Crippen molar-refractivity contribution in [2.24, 2.45) is 0 Å². The summed E-state index contributed by atoms with van der Waals surface area (Å²) >= 11 is 1.65. The molecule has 1 N–H and O–H groups in total. The van der Waals surface area contributed by atoms with Crippen LogP contribution in [0.4, 0.5) is 11.4 Å². The third-order valence-corrected chi connectivity index (χ3v) is 4.37. The van der Waals surface area contributed by atoms with E-state index in [0.717, 1.165) is 4.88 Å². The number of rotatable bonds is 4. The minimum atomic E-state index is -0.478. The van der Waals surface area contributed by atoms with E-state index in [2.05, 4.69) is 11.4 Å². The van der Waals surface area contributed by atoms with E-state index in [0.29, 0.717) is 12.2 Å². The quantitative estimate of drug-likeness (QED) is 0.576. The molecular weight excluding hydrogens is 298 g/mol. The van der Waals surface area contributed by atoms with E-state index in [1.165, 1.54) is 16.2 Å². The van der Waals surface area contributed by atoms with Crippen LogP contribution in [-0.2, 0) is 6.54 Å². The Labute approximate surface area is 130 Å². The first kappa shape index (κ1) is 14.0. The molecule has 0 unspecified atom stereocenters. The van der Waals surface area contributed by atoms with Gasteiger partial charge in [0.15, 0.2) is 0 Å². The van der Waals surface area contributed by atoms with Gasteiger partial charge in [-0.25, -0.2) is 0 Å². The van der Waals surface area contributed by atoms with Crippen molar-refractivity contribution in [2.45, 2.75) is 6.54 Å². The van der Waals surface area contributed by atoms with Crippen molar-refractivity contribution in [2.75, 3.05) is 5.32 Å². The molecule has 0 spiro atoms. The Bertz CT molecular complexity index is 863. The van der Waals surface area contributed by atoms with Gasteiger partial charge in [-0.15, -0.1) is 11.3 Å². The van der Waals surface area contributed by atoms with Gasteiger partial charge in [0.2, 0.25) is 0 Å². The molecule has 3 aromatic rings. The van der Waals surface area contributed by atoms with E-state index in [9.17, 15) is 10.1 Å². The van der Waals surface area contributed by atoms with Gasteiger partial charge in [-0.2, -0.15) is 5.26 Å². The SMILES string of the molecule is N#Cc1ccc(NCc2cc3ccccc3s2)c([N+](=O)[O-])c1. The summed E-state index contributed by atoms with van der Waals surface area (Å²) in [4.78, 5) is 11.7. The summed E-state index contributed by atoms with van der Waals surface area (Å²) in [6.45, 7) is 0.506. The van der Waals surface area contributed by atoms with Crippen molar-refractivity contribution in [3.05, 3.63) is 69.1 Å². The summed E-state index contributed by atoms with van der Waals surface area (Å²) < 4.78 is 1.19. The third-order valence-electron chi connectivity index (χ3n) is 3.25. The lowest BCUT2D eigenvalue weighted by Gasteiger charge is -2.05. The normalized spacial score (nSPS) is 10.3. The number of nitrogens with zero attached hydrogens (tertiary/aromatic N) is 2. The summed E-state index contributed by atoms with van der Waals surface area (Å²) in [7, 11) is 0. The van der Waals surface area contributed by atoms with Gasteiger partial charge < -0.3 is 5.32 Å². The topological polar surface area (TPSA) is 79.0 Å². The molecule has 22 heavy (non-hydrogen) atoms. The fourth-order valence-corrected chi connectivity index (χ4v) is 3.21. The van der Waals surface area contributed by atoms with Crippen LogP contribution in [0.15, 0.2) is 48.5 Å². The molecule has 1 heterocycles. The van der Waals surface area contributed by atoms with Crippen LogP contribution < -0.4 is 5.32 Å². The second-order valence-corrected chi connectivity index (χ2v) is 5.87. The maximum Gasteiger partial charge on any atom is 0.293 e. The van der Waals surface area contributed by atoms with Crippen molar-refractivity contribution >= 4 is 32.8 Å². The molecule has 0 atom stereocenters. The predicted octanol–water partition coefficient (Wildman–Crippen LogP) is 4.29. The van der Waals surface area contributed by atoms with E-state index >= 15 is 0 Å².